The summed E-state index contributed by atoms with van der Waals surface area (Å²) in [6.07, 6.45) is 6.88. The number of esters is 1. The van der Waals surface area contributed by atoms with Crippen LogP contribution in [-0.4, -0.2) is 34.3 Å². The number of hydrogen-bond acceptors (Lipinski definition) is 4. The molecule has 0 aromatic carbocycles. The number of amides is 1. The van der Waals surface area contributed by atoms with Gasteiger partial charge in [0.2, 0.25) is 0 Å². The first kappa shape index (κ1) is 17.5. The van der Waals surface area contributed by atoms with E-state index >= 15 is 0 Å². The van der Waals surface area contributed by atoms with E-state index in [1.807, 2.05) is 6.92 Å². The highest BCUT2D eigenvalue weighted by molar-refractivity contribution is 6.31. The Balaban J connectivity index is 1.87. The molecule has 0 bridgehead atoms. The van der Waals surface area contributed by atoms with Crippen LogP contribution in [0.3, 0.4) is 0 Å². The Morgan fingerprint density at radius 3 is 2.87 bits per heavy atom. The topological polar surface area (TPSA) is 73.2 Å². The second-order valence-electron chi connectivity index (χ2n) is 5.65. The van der Waals surface area contributed by atoms with Crippen molar-refractivity contribution in [3.05, 3.63) is 22.5 Å². The summed E-state index contributed by atoms with van der Waals surface area (Å²) in [6, 6.07) is 0.257. The van der Waals surface area contributed by atoms with Gasteiger partial charge in [0.25, 0.3) is 5.91 Å². The Labute approximate surface area is 140 Å². The van der Waals surface area contributed by atoms with Crippen LogP contribution >= 0.6 is 11.6 Å². The largest absolute Gasteiger partial charge is 0.452 e. The molecule has 0 spiro atoms. The summed E-state index contributed by atoms with van der Waals surface area (Å²) in [5.41, 5.74) is 1.45. The molecule has 0 saturated heterocycles. The maximum Gasteiger partial charge on any atom is 0.331 e. The summed E-state index contributed by atoms with van der Waals surface area (Å²) >= 11 is 6.27. The molecule has 1 aromatic rings. The summed E-state index contributed by atoms with van der Waals surface area (Å²) in [5, 5.41) is 7.61. The average Bonchev–Trinajstić information content (AvgIpc) is 3.28. The van der Waals surface area contributed by atoms with Gasteiger partial charge in [-0.05, 0) is 32.3 Å². The molecule has 1 saturated carbocycles. The third kappa shape index (κ3) is 5.39. The molecule has 7 heteroatoms. The molecular weight excluding hydrogens is 318 g/mol. The van der Waals surface area contributed by atoms with Gasteiger partial charge in [0.05, 0.1) is 5.69 Å². The van der Waals surface area contributed by atoms with E-state index < -0.39 is 5.97 Å². The predicted octanol–water partition coefficient (Wildman–Crippen LogP) is 2.48. The van der Waals surface area contributed by atoms with Crippen molar-refractivity contribution >= 4 is 29.6 Å². The third-order valence-electron chi connectivity index (χ3n) is 3.51. The fourth-order valence-electron chi connectivity index (χ4n) is 2.05. The lowest BCUT2D eigenvalue weighted by atomic mass is 10.2. The SMILES string of the molecule is CCCCn1nc(C)c(/C=C/C(=O)OCC(=O)NC2CC2)c1Cl. The molecule has 1 aliphatic rings. The van der Waals surface area contributed by atoms with Gasteiger partial charge in [-0.15, -0.1) is 0 Å². The molecule has 6 nitrogen and oxygen atoms in total. The number of unbranched alkanes of at least 4 members (excludes halogenated alkanes) is 1. The highest BCUT2D eigenvalue weighted by Crippen LogP contribution is 2.22. The smallest absolute Gasteiger partial charge is 0.331 e. The van der Waals surface area contributed by atoms with Crippen LogP contribution in [0.1, 0.15) is 43.9 Å². The maximum atomic E-state index is 11.7. The van der Waals surface area contributed by atoms with Gasteiger partial charge in [-0.25, -0.2) is 4.79 Å². The van der Waals surface area contributed by atoms with E-state index in [4.69, 9.17) is 16.3 Å². The van der Waals surface area contributed by atoms with E-state index in [1.54, 1.807) is 10.8 Å². The Hall–Kier alpha value is -1.82. The first-order valence-electron chi connectivity index (χ1n) is 7.88. The van der Waals surface area contributed by atoms with Crippen molar-refractivity contribution in [2.45, 2.75) is 52.1 Å². The maximum absolute atomic E-state index is 11.7. The average molecular weight is 340 g/mol. The zero-order chi connectivity index (χ0) is 16.8. The minimum atomic E-state index is -0.576. The van der Waals surface area contributed by atoms with E-state index in [1.165, 1.54) is 6.08 Å². The van der Waals surface area contributed by atoms with Gasteiger partial charge in [0.15, 0.2) is 6.61 Å². The summed E-state index contributed by atoms with van der Waals surface area (Å²) in [4.78, 5) is 23.1. The first-order chi connectivity index (χ1) is 11.0. The minimum absolute atomic E-state index is 0.257. The second-order valence-corrected chi connectivity index (χ2v) is 6.01. The van der Waals surface area contributed by atoms with Gasteiger partial charge in [0, 0.05) is 24.2 Å². The molecule has 1 aromatic heterocycles. The van der Waals surface area contributed by atoms with Gasteiger partial charge < -0.3 is 10.1 Å². The molecule has 2 rings (SSSR count). The van der Waals surface area contributed by atoms with Crippen molar-refractivity contribution in [1.82, 2.24) is 15.1 Å². The molecule has 1 amide bonds. The molecule has 23 heavy (non-hydrogen) atoms. The Morgan fingerprint density at radius 1 is 1.48 bits per heavy atom. The number of hydrogen-bond donors (Lipinski definition) is 1. The van der Waals surface area contributed by atoms with E-state index in [0.717, 1.165) is 37.9 Å². The third-order valence-corrected chi connectivity index (χ3v) is 3.91. The number of nitrogens with one attached hydrogen (secondary N) is 1. The van der Waals surface area contributed by atoms with Crippen LogP contribution in [0.5, 0.6) is 0 Å². The quantitative estimate of drug-likeness (QED) is 0.583. The number of aryl methyl sites for hydroxylation is 2. The zero-order valence-corrected chi connectivity index (χ0v) is 14.2. The lowest BCUT2D eigenvalue weighted by Crippen LogP contribution is -2.30. The normalized spacial score (nSPS) is 14.2. The Morgan fingerprint density at radius 2 is 2.22 bits per heavy atom. The molecule has 1 N–H and O–H groups in total. The lowest BCUT2D eigenvalue weighted by Gasteiger charge is -2.03. The minimum Gasteiger partial charge on any atom is -0.452 e. The number of ether oxygens (including phenoxy) is 1. The predicted molar refractivity (Wildman–Crippen MR) is 88.0 cm³/mol. The van der Waals surface area contributed by atoms with Crippen LogP contribution in [0, 0.1) is 6.92 Å². The van der Waals surface area contributed by atoms with E-state index in [-0.39, 0.29) is 18.6 Å². The van der Waals surface area contributed by atoms with Gasteiger partial charge in [-0.2, -0.15) is 5.10 Å². The first-order valence-corrected chi connectivity index (χ1v) is 8.26. The zero-order valence-electron chi connectivity index (χ0n) is 13.5. The standard InChI is InChI=1S/C16H22ClN3O3/c1-3-4-9-20-16(17)13(11(2)19-20)7-8-15(22)23-10-14(21)18-12-5-6-12/h7-8,12H,3-6,9-10H2,1-2H3,(H,18,21)/b8-7+. The molecule has 1 heterocycles. The van der Waals surface area contributed by atoms with Crippen molar-refractivity contribution in [3.8, 4) is 0 Å². The monoisotopic (exact) mass is 339 g/mol. The van der Waals surface area contributed by atoms with Crippen LogP contribution in [-0.2, 0) is 20.9 Å². The molecule has 0 aliphatic heterocycles. The summed E-state index contributed by atoms with van der Waals surface area (Å²) in [5.74, 6) is -0.844. The van der Waals surface area contributed by atoms with Gasteiger partial charge in [-0.3, -0.25) is 9.48 Å². The molecular formula is C16H22ClN3O3. The number of rotatable bonds is 8. The number of carbonyl (C=O) groups excluding carboxylic acids is 2. The summed E-state index contributed by atoms with van der Waals surface area (Å²) in [6.45, 7) is 4.42. The molecule has 0 radical (unpaired) electrons. The number of nitrogens with zero attached hydrogens (tertiary/aromatic N) is 2. The second kappa shape index (κ2) is 8.15. The summed E-state index contributed by atoms with van der Waals surface area (Å²) in [7, 11) is 0. The van der Waals surface area contributed by atoms with Crippen LogP contribution in [0.2, 0.25) is 5.15 Å². The van der Waals surface area contributed by atoms with Gasteiger partial charge in [-0.1, -0.05) is 24.9 Å². The highest BCUT2D eigenvalue weighted by Gasteiger charge is 2.23. The van der Waals surface area contributed by atoms with Crippen LogP contribution in [0.25, 0.3) is 6.08 Å². The lowest BCUT2D eigenvalue weighted by molar-refractivity contribution is -0.143. The molecule has 126 valence electrons. The van der Waals surface area contributed by atoms with Crippen molar-refractivity contribution in [2.75, 3.05) is 6.61 Å². The van der Waals surface area contributed by atoms with E-state index in [2.05, 4.69) is 17.3 Å². The summed E-state index contributed by atoms with van der Waals surface area (Å²) < 4.78 is 6.63. The number of carbonyl (C=O) groups is 2. The van der Waals surface area contributed by atoms with Crippen LogP contribution in [0.4, 0.5) is 0 Å². The molecule has 1 aliphatic carbocycles. The van der Waals surface area contributed by atoms with Crippen molar-refractivity contribution in [1.29, 1.82) is 0 Å². The van der Waals surface area contributed by atoms with E-state index in [0.29, 0.717) is 10.7 Å². The fourth-order valence-corrected chi connectivity index (χ4v) is 2.37. The van der Waals surface area contributed by atoms with Crippen molar-refractivity contribution in [3.63, 3.8) is 0 Å². The number of aromatic nitrogens is 2. The molecule has 0 atom stereocenters. The molecule has 1 fully saturated rings. The van der Waals surface area contributed by atoms with Gasteiger partial charge >= 0.3 is 5.97 Å². The van der Waals surface area contributed by atoms with Crippen LogP contribution in [0.15, 0.2) is 6.08 Å². The van der Waals surface area contributed by atoms with Crippen molar-refractivity contribution < 1.29 is 14.3 Å². The van der Waals surface area contributed by atoms with Gasteiger partial charge in [0.1, 0.15) is 5.15 Å². The number of halogens is 1. The molecule has 0 unspecified atom stereocenters. The Bertz CT molecular complexity index is 606. The van der Waals surface area contributed by atoms with E-state index in [9.17, 15) is 9.59 Å². The van der Waals surface area contributed by atoms with Crippen molar-refractivity contribution in [2.24, 2.45) is 0 Å². The highest BCUT2D eigenvalue weighted by atomic mass is 35.5. The van der Waals surface area contributed by atoms with Crippen LogP contribution < -0.4 is 5.32 Å². The fraction of sp³-hybridized carbons (Fsp3) is 0.562. The Kier molecular flexibility index (Phi) is 6.21.